The van der Waals surface area contributed by atoms with E-state index in [0.717, 1.165) is 50.3 Å². The number of benzene rings is 1. The van der Waals surface area contributed by atoms with E-state index in [1.54, 1.807) is 12.1 Å². The van der Waals surface area contributed by atoms with Crippen LogP contribution in [0.4, 0.5) is 8.78 Å². The van der Waals surface area contributed by atoms with Gasteiger partial charge in [0.1, 0.15) is 5.75 Å². The molecule has 0 radical (unpaired) electrons. The zero-order chi connectivity index (χ0) is 16.7. The topological polar surface area (TPSA) is 21.3 Å². The van der Waals surface area contributed by atoms with Crippen LogP contribution in [0, 0.1) is 11.8 Å². The van der Waals surface area contributed by atoms with Gasteiger partial charge in [-0.1, -0.05) is 31.9 Å². The number of ether oxygens (including phenoxy) is 1. The molecule has 0 atom stereocenters. The molecule has 0 bridgehead atoms. The number of nitrogens with one attached hydrogen (secondary N) is 1. The van der Waals surface area contributed by atoms with E-state index in [4.69, 9.17) is 0 Å². The Morgan fingerprint density at radius 2 is 1.78 bits per heavy atom. The summed E-state index contributed by atoms with van der Waals surface area (Å²) in [6.45, 7) is 5.24. The Hall–Kier alpha value is -1.16. The first kappa shape index (κ1) is 18.2. The molecular weight excluding hydrogens is 296 g/mol. The highest BCUT2D eigenvalue weighted by molar-refractivity contribution is 5.27. The normalized spacial score (nSPS) is 22.1. The predicted octanol–water partition coefficient (Wildman–Crippen LogP) is 5.03. The molecule has 0 heterocycles. The van der Waals surface area contributed by atoms with E-state index in [-0.39, 0.29) is 5.75 Å². The van der Waals surface area contributed by atoms with Crippen molar-refractivity contribution in [3.8, 4) is 5.75 Å². The lowest BCUT2D eigenvalue weighted by Crippen LogP contribution is -2.27. The standard InChI is InChI=1S/C19H29F2NO/c1-15-5-7-17(8-6-15)14-22-13-3-4-16-9-11-18(12-10-16)23-19(2,20)21/h9-12,15,17,22H,3-8,13-14H2,1-2H3. The molecule has 1 saturated carbocycles. The van der Waals surface area contributed by atoms with Crippen LogP contribution in [0.1, 0.15) is 51.5 Å². The van der Waals surface area contributed by atoms with Crippen LogP contribution in [0.25, 0.3) is 0 Å². The van der Waals surface area contributed by atoms with Crippen molar-refractivity contribution >= 4 is 0 Å². The van der Waals surface area contributed by atoms with Crippen LogP contribution in [-0.4, -0.2) is 19.2 Å². The second-order valence-corrected chi connectivity index (χ2v) is 6.99. The molecule has 0 aliphatic heterocycles. The van der Waals surface area contributed by atoms with E-state index in [9.17, 15) is 8.78 Å². The lowest BCUT2D eigenvalue weighted by atomic mass is 9.83. The van der Waals surface area contributed by atoms with Gasteiger partial charge >= 0.3 is 6.11 Å². The first-order valence-electron chi connectivity index (χ1n) is 8.79. The summed E-state index contributed by atoms with van der Waals surface area (Å²) in [6, 6.07) is 6.96. The van der Waals surface area contributed by atoms with E-state index in [2.05, 4.69) is 17.0 Å². The average molecular weight is 325 g/mol. The third kappa shape index (κ3) is 7.30. The second-order valence-electron chi connectivity index (χ2n) is 6.99. The fourth-order valence-electron chi connectivity index (χ4n) is 3.19. The fraction of sp³-hybridized carbons (Fsp3) is 0.684. The van der Waals surface area contributed by atoms with Gasteiger partial charge in [0.05, 0.1) is 0 Å². The van der Waals surface area contributed by atoms with E-state index in [1.165, 1.54) is 25.7 Å². The number of hydrogen-bond donors (Lipinski definition) is 1. The van der Waals surface area contributed by atoms with Crippen molar-refractivity contribution in [2.45, 2.75) is 58.5 Å². The molecule has 0 amide bonds. The molecule has 1 aromatic rings. The molecule has 0 aromatic heterocycles. The molecule has 2 rings (SSSR count). The molecule has 0 spiro atoms. The zero-order valence-electron chi connectivity index (χ0n) is 14.3. The van der Waals surface area contributed by atoms with E-state index in [1.807, 2.05) is 12.1 Å². The molecule has 0 saturated heterocycles. The average Bonchev–Trinajstić information content (AvgIpc) is 2.49. The smallest absolute Gasteiger partial charge is 0.394 e. The maximum Gasteiger partial charge on any atom is 0.394 e. The SMILES string of the molecule is CC1CCC(CNCCCc2ccc(OC(C)(F)F)cc2)CC1. The van der Waals surface area contributed by atoms with Crippen molar-refractivity contribution < 1.29 is 13.5 Å². The van der Waals surface area contributed by atoms with Gasteiger partial charge in [-0.2, -0.15) is 8.78 Å². The molecule has 4 heteroatoms. The van der Waals surface area contributed by atoms with Crippen LogP contribution >= 0.6 is 0 Å². The summed E-state index contributed by atoms with van der Waals surface area (Å²) >= 11 is 0. The van der Waals surface area contributed by atoms with Crippen molar-refractivity contribution in [3.05, 3.63) is 29.8 Å². The number of hydrogen-bond acceptors (Lipinski definition) is 2. The maximum atomic E-state index is 12.7. The summed E-state index contributed by atoms with van der Waals surface area (Å²) in [5, 5.41) is 3.56. The summed E-state index contributed by atoms with van der Waals surface area (Å²) in [7, 11) is 0. The highest BCUT2D eigenvalue weighted by atomic mass is 19.3. The lowest BCUT2D eigenvalue weighted by molar-refractivity contribution is -0.158. The molecule has 0 unspecified atom stereocenters. The van der Waals surface area contributed by atoms with Gasteiger partial charge in [-0.05, 0) is 68.3 Å². The quantitative estimate of drug-likeness (QED) is 0.677. The highest BCUT2D eigenvalue weighted by Gasteiger charge is 2.22. The van der Waals surface area contributed by atoms with Crippen LogP contribution < -0.4 is 10.1 Å². The minimum Gasteiger partial charge on any atom is -0.433 e. The van der Waals surface area contributed by atoms with Crippen molar-refractivity contribution in [2.75, 3.05) is 13.1 Å². The Labute approximate surface area is 138 Å². The van der Waals surface area contributed by atoms with Crippen LogP contribution in [0.15, 0.2) is 24.3 Å². The predicted molar refractivity (Wildman–Crippen MR) is 90.0 cm³/mol. The molecule has 1 aliphatic carbocycles. The third-order valence-electron chi connectivity index (χ3n) is 4.61. The molecular formula is C19H29F2NO. The number of aryl methyl sites for hydroxylation is 1. The van der Waals surface area contributed by atoms with Gasteiger partial charge in [-0.3, -0.25) is 0 Å². The zero-order valence-corrected chi connectivity index (χ0v) is 14.3. The van der Waals surface area contributed by atoms with Gasteiger partial charge in [-0.25, -0.2) is 0 Å². The summed E-state index contributed by atoms with van der Waals surface area (Å²) < 4.78 is 30.0. The Kier molecular flexibility index (Phi) is 6.82. The maximum absolute atomic E-state index is 12.7. The van der Waals surface area contributed by atoms with Crippen molar-refractivity contribution in [1.29, 1.82) is 0 Å². The third-order valence-corrected chi connectivity index (χ3v) is 4.61. The Morgan fingerprint density at radius 1 is 1.13 bits per heavy atom. The summed E-state index contributed by atoms with van der Waals surface area (Å²) in [4.78, 5) is 0. The molecule has 23 heavy (non-hydrogen) atoms. The molecule has 1 N–H and O–H groups in total. The van der Waals surface area contributed by atoms with Crippen LogP contribution in [0.3, 0.4) is 0 Å². The van der Waals surface area contributed by atoms with Crippen molar-refractivity contribution in [2.24, 2.45) is 11.8 Å². The number of halogens is 2. The number of rotatable bonds is 8. The minimum atomic E-state index is -3.12. The Bertz CT molecular complexity index is 447. The van der Waals surface area contributed by atoms with Gasteiger partial charge in [0.25, 0.3) is 0 Å². The van der Waals surface area contributed by atoms with Gasteiger partial charge in [0.2, 0.25) is 0 Å². The second kappa shape index (κ2) is 8.62. The fourth-order valence-corrected chi connectivity index (χ4v) is 3.19. The lowest BCUT2D eigenvalue weighted by Gasteiger charge is -2.26. The van der Waals surface area contributed by atoms with Gasteiger partial charge in [0.15, 0.2) is 0 Å². The van der Waals surface area contributed by atoms with E-state index < -0.39 is 6.11 Å². The van der Waals surface area contributed by atoms with Gasteiger partial charge in [-0.15, -0.1) is 0 Å². The van der Waals surface area contributed by atoms with E-state index in [0.29, 0.717) is 0 Å². The summed E-state index contributed by atoms with van der Waals surface area (Å²) in [5.74, 6) is 1.97. The van der Waals surface area contributed by atoms with Gasteiger partial charge in [0, 0.05) is 6.92 Å². The van der Waals surface area contributed by atoms with E-state index >= 15 is 0 Å². The van der Waals surface area contributed by atoms with Crippen molar-refractivity contribution in [3.63, 3.8) is 0 Å². The number of alkyl halides is 2. The highest BCUT2D eigenvalue weighted by Crippen LogP contribution is 2.27. The molecule has 1 aliphatic rings. The van der Waals surface area contributed by atoms with Crippen LogP contribution in [0.5, 0.6) is 5.75 Å². The monoisotopic (exact) mass is 325 g/mol. The van der Waals surface area contributed by atoms with Crippen LogP contribution in [0.2, 0.25) is 0 Å². The van der Waals surface area contributed by atoms with Gasteiger partial charge < -0.3 is 10.1 Å². The first-order valence-corrected chi connectivity index (χ1v) is 8.79. The molecule has 1 aromatic carbocycles. The molecule has 2 nitrogen and oxygen atoms in total. The Morgan fingerprint density at radius 3 is 2.39 bits per heavy atom. The Balaban J connectivity index is 1.59. The largest absolute Gasteiger partial charge is 0.433 e. The first-order chi connectivity index (χ1) is 10.9. The van der Waals surface area contributed by atoms with Crippen LogP contribution in [-0.2, 0) is 6.42 Å². The summed E-state index contributed by atoms with van der Waals surface area (Å²) in [5.41, 5.74) is 1.16. The summed E-state index contributed by atoms with van der Waals surface area (Å²) in [6.07, 6.45) is 4.36. The molecule has 1 fully saturated rings. The minimum absolute atomic E-state index is 0.214. The van der Waals surface area contributed by atoms with Crippen molar-refractivity contribution in [1.82, 2.24) is 5.32 Å². The molecule has 130 valence electrons.